The molecule has 1 aromatic carbocycles. The Hall–Kier alpha value is -1.34. The van der Waals surface area contributed by atoms with Crippen LogP contribution in [0.15, 0.2) is 30.3 Å². The molecule has 0 unspecified atom stereocenters. The molecular weight excluding hydrogens is 328 g/mol. The van der Waals surface area contributed by atoms with E-state index >= 15 is 0 Å². The molecule has 1 heterocycles. The third-order valence-electron chi connectivity index (χ3n) is 4.28. The first-order chi connectivity index (χ1) is 10.2. The summed E-state index contributed by atoms with van der Waals surface area (Å²) < 4.78 is 0. The zero-order valence-electron chi connectivity index (χ0n) is 12.2. The molecular formula is C17H21BrN2O. The first kappa shape index (κ1) is 16.0. The molecule has 0 N–H and O–H groups in total. The summed E-state index contributed by atoms with van der Waals surface area (Å²) in [6.45, 7) is 1.38. The van der Waals surface area contributed by atoms with E-state index in [2.05, 4.69) is 22.0 Å². The summed E-state index contributed by atoms with van der Waals surface area (Å²) in [5.41, 5.74) is 0.660. The lowest BCUT2D eigenvalue weighted by Crippen LogP contribution is -2.44. The van der Waals surface area contributed by atoms with Crippen molar-refractivity contribution in [3.63, 3.8) is 0 Å². The number of benzene rings is 1. The molecule has 3 nitrogen and oxygen atoms in total. The first-order valence-corrected chi connectivity index (χ1v) is 8.64. The summed E-state index contributed by atoms with van der Waals surface area (Å²) in [5.74, 6) is 0.232. The number of halogens is 1. The largest absolute Gasteiger partial charge is 0.343 e. The van der Waals surface area contributed by atoms with Gasteiger partial charge in [0, 0.05) is 24.8 Å². The average molecular weight is 349 g/mol. The van der Waals surface area contributed by atoms with Gasteiger partial charge in [0.2, 0.25) is 5.91 Å². The van der Waals surface area contributed by atoms with E-state index in [-0.39, 0.29) is 5.91 Å². The molecule has 112 valence electrons. The molecule has 2 rings (SSSR count). The number of piperidine rings is 1. The van der Waals surface area contributed by atoms with Crippen molar-refractivity contribution in [1.82, 2.24) is 4.90 Å². The Labute approximate surface area is 135 Å². The SMILES string of the molecule is N#CC1(c2ccccc2)CCN(C(=O)CCCCBr)CC1. The standard InChI is InChI=1S/C17H21BrN2O/c18-11-5-4-8-16(21)20-12-9-17(14-19,10-13-20)15-6-2-1-3-7-15/h1-3,6-7H,4-5,8-13H2. The molecule has 21 heavy (non-hydrogen) atoms. The van der Waals surface area contributed by atoms with Crippen LogP contribution >= 0.6 is 15.9 Å². The number of rotatable bonds is 5. The van der Waals surface area contributed by atoms with E-state index in [1.54, 1.807) is 0 Å². The van der Waals surface area contributed by atoms with Gasteiger partial charge in [0.15, 0.2) is 0 Å². The second kappa shape index (κ2) is 7.61. The van der Waals surface area contributed by atoms with Crippen molar-refractivity contribution in [3.05, 3.63) is 35.9 Å². The molecule has 1 amide bonds. The lowest BCUT2D eigenvalue weighted by Gasteiger charge is -2.37. The van der Waals surface area contributed by atoms with Gasteiger partial charge in [-0.05, 0) is 31.2 Å². The van der Waals surface area contributed by atoms with E-state index in [4.69, 9.17) is 0 Å². The van der Waals surface area contributed by atoms with Crippen molar-refractivity contribution in [3.8, 4) is 6.07 Å². The van der Waals surface area contributed by atoms with Gasteiger partial charge in [-0.1, -0.05) is 46.3 Å². The van der Waals surface area contributed by atoms with Crippen LogP contribution in [0.1, 0.15) is 37.7 Å². The highest BCUT2D eigenvalue weighted by atomic mass is 79.9. The summed E-state index contributed by atoms with van der Waals surface area (Å²) in [4.78, 5) is 14.1. The third kappa shape index (κ3) is 3.85. The van der Waals surface area contributed by atoms with Crippen LogP contribution in [0.25, 0.3) is 0 Å². The maximum absolute atomic E-state index is 12.1. The number of hydrogen-bond donors (Lipinski definition) is 0. The third-order valence-corrected chi connectivity index (χ3v) is 4.85. The van der Waals surface area contributed by atoms with Crippen molar-refractivity contribution >= 4 is 21.8 Å². The van der Waals surface area contributed by atoms with Gasteiger partial charge >= 0.3 is 0 Å². The second-order valence-electron chi connectivity index (χ2n) is 5.59. The van der Waals surface area contributed by atoms with Crippen LogP contribution in [-0.2, 0) is 10.2 Å². The van der Waals surface area contributed by atoms with Crippen molar-refractivity contribution in [2.75, 3.05) is 18.4 Å². The first-order valence-electron chi connectivity index (χ1n) is 7.52. The molecule has 1 saturated heterocycles. The van der Waals surface area contributed by atoms with Crippen LogP contribution in [0.5, 0.6) is 0 Å². The maximum atomic E-state index is 12.1. The molecule has 0 aliphatic carbocycles. The smallest absolute Gasteiger partial charge is 0.222 e. The molecule has 0 aromatic heterocycles. The van der Waals surface area contributed by atoms with Crippen LogP contribution in [0.3, 0.4) is 0 Å². The fourth-order valence-corrected chi connectivity index (χ4v) is 3.29. The van der Waals surface area contributed by atoms with Gasteiger partial charge in [0.25, 0.3) is 0 Å². The maximum Gasteiger partial charge on any atom is 0.222 e. The van der Waals surface area contributed by atoms with Crippen LogP contribution in [0.4, 0.5) is 0 Å². The summed E-state index contributed by atoms with van der Waals surface area (Å²) in [7, 11) is 0. The quantitative estimate of drug-likeness (QED) is 0.602. The Morgan fingerprint density at radius 2 is 1.90 bits per heavy atom. The number of alkyl halides is 1. The van der Waals surface area contributed by atoms with E-state index in [1.807, 2.05) is 35.2 Å². The molecule has 0 bridgehead atoms. The van der Waals surface area contributed by atoms with Crippen LogP contribution in [0.2, 0.25) is 0 Å². The second-order valence-corrected chi connectivity index (χ2v) is 6.38. The molecule has 0 atom stereocenters. The Morgan fingerprint density at radius 3 is 2.48 bits per heavy atom. The lowest BCUT2D eigenvalue weighted by molar-refractivity contribution is -0.132. The normalized spacial score (nSPS) is 17.2. The highest BCUT2D eigenvalue weighted by Gasteiger charge is 2.37. The fourth-order valence-electron chi connectivity index (χ4n) is 2.89. The van der Waals surface area contributed by atoms with Crippen molar-refractivity contribution in [2.24, 2.45) is 0 Å². The number of nitrogens with zero attached hydrogens (tertiary/aromatic N) is 2. The van der Waals surface area contributed by atoms with E-state index in [9.17, 15) is 10.1 Å². The van der Waals surface area contributed by atoms with Crippen LogP contribution in [0, 0.1) is 11.3 Å². The monoisotopic (exact) mass is 348 g/mol. The Bertz CT molecular complexity index is 501. The molecule has 1 aromatic rings. The summed E-state index contributed by atoms with van der Waals surface area (Å²) in [6, 6.07) is 12.5. The number of hydrogen-bond acceptors (Lipinski definition) is 2. The van der Waals surface area contributed by atoms with Gasteiger partial charge < -0.3 is 4.90 Å². The Kier molecular flexibility index (Phi) is 5.81. The molecule has 0 saturated carbocycles. The number of carbonyl (C=O) groups excluding carboxylic acids is 1. The summed E-state index contributed by atoms with van der Waals surface area (Å²) in [5, 5.41) is 10.6. The molecule has 0 radical (unpaired) electrons. The van der Waals surface area contributed by atoms with Crippen molar-refractivity contribution < 1.29 is 4.79 Å². The predicted octanol–water partition coefficient (Wildman–Crippen LogP) is 3.64. The van der Waals surface area contributed by atoms with Gasteiger partial charge in [0.05, 0.1) is 11.5 Å². The van der Waals surface area contributed by atoms with Gasteiger partial charge in [-0.15, -0.1) is 0 Å². The zero-order valence-corrected chi connectivity index (χ0v) is 13.8. The number of carbonyl (C=O) groups is 1. The molecule has 1 aliphatic heterocycles. The van der Waals surface area contributed by atoms with Gasteiger partial charge in [0.1, 0.15) is 0 Å². The summed E-state index contributed by atoms with van der Waals surface area (Å²) in [6.07, 6.45) is 4.06. The molecule has 1 fully saturated rings. The van der Waals surface area contributed by atoms with Gasteiger partial charge in [-0.3, -0.25) is 4.79 Å². The average Bonchev–Trinajstić information content (AvgIpc) is 2.56. The minimum Gasteiger partial charge on any atom is -0.343 e. The molecule has 1 aliphatic rings. The van der Waals surface area contributed by atoms with Crippen LogP contribution < -0.4 is 0 Å². The van der Waals surface area contributed by atoms with Crippen LogP contribution in [-0.4, -0.2) is 29.2 Å². The highest BCUT2D eigenvalue weighted by Crippen LogP contribution is 2.35. The molecule has 4 heteroatoms. The van der Waals surface area contributed by atoms with E-state index in [0.29, 0.717) is 19.5 Å². The van der Waals surface area contributed by atoms with Crippen molar-refractivity contribution in [1.29, 1.82) is 5.26 Å². The number of nitriles is 1. The topological polar surface area (TPSA) is 44.1 Å². The highest BCUT2D eigenvalue weighted by molar-refractivity contribution is 9.09. The van der Waals surface area contributed by atoms with E-state index < -0.39 is 5.41 Å². The minimum absolute atomic E-state index is 0.232. The number of amides is 1. The number of likely N-dealkylation sites (tertiary alicyclic amines) is 1. The van der Waals surface area contributed by atoms with E-state index in [0.717, 1.165) is 36.6 Å². The zero-order chi connectivity index (χ0) is 15.1. The Balaban J connectivity index is 1.95. The Morgan fingerprint density at radius 1 is 1.24 bits per heavy atom. The minimum atomic E-state index is -0.423. The summed E-state index contributed by atoms with van der Waals surface area (Å²) >= 11 is 3.38. The lowest BCUT2D eigenvalue weighted by atomic mass is 9.74. The van der Waals surface area contributed by atoms with Gasteiger partial charge in [-0.25, -0.2) is 0 Å². The van der Waals surface area contributed by atoms with Crippen molar-refractivity contribution in [2.45, 2.75) is 37.5 Å². The fraction of sp³-hybridized carbons (Fsp3) is 0.529. The predicted molar refractivity (Wildman–Crippen MR) is 87.2 cm³/mol. The van der Waals surface area contributed by atoms with E-state index in [1.165, 1.54) is 0 Å². The number of unbranched alkanes of at least 4 members (excludes halogenated alkanes) is 1. The molecule has 0 spiro atoms. The van der Waals surface area contributed by atoms with Gasteiger partial charge in [-0.2, -0.15) is 5.26 Å².